The van der Waals surface area contributed by atoms with Gasteiger partial charge < -0.3 is 10.6 Å². The number of hydrogen-bond donors (Lipinski definition) is 2. The van der Waals surface area contributed by atoms with Crippen molar-refractivity contribution in [1.29, 1.82) is 0 Å². The first kappa shape index (κ1) is 15.7. The molecule has 1 aromatic heterocycles. The van der Waals surface area contributed by atoms with Gasteiger partial charge in [0.25, 0.3) is 5.91 Å². The molecule has 0 spiro atoms. The fraction of sp³-hybridized carbons (Fsp3) is 0.235. The van der Waals surface area contributed by atoms with Crippen LogP contribution in [0.3, 0.4) is 0 Å². The summed E-state index contributed by atoms with van der Waals surface area (Å²) in [6.07, 6.45) is 2.61. The van der Waals surface area contributed by atoms with E-state index in [0.717, 1.165) is 18.7 Å². The Kier molecular flexibility index (Phi) is 5.25. The van der Waals surface area contributed by atoms with Gasteiger partial charge in [0.2, 0.25) is 0 Å². The summed E-state index contributed by atoms with van der Waals surface area (Å²) in [6, 6.07) is 10.3. The molecule has 0 fully saturated rings. The molecule has 2 N–H and O–H groups in total. The van der Waals surface area contributed by atoms with Crippen LogP contribution in [0.2, 0.25) is 0 Å². The average molecular weight is 297 g/mol. The highest BCUT2D eigenvalue weighted by Gasteiger charge is 2.09. The van der Waals surface area contributed by atoms with Crippen LogP contribution >= 0.6 is 0 Å². The van der Waals surface area contributed by atoms with E-state index in [0.29, 0.717) is 16.9 Å². The molecule has 1 amide bonds. The highest BCUT2D eigenvalue weighted by molar-refractivity contribution is 6.03. The van der Waals surface area contributed by atoms with Gasteiger partial charge in [-0.3, -0.25) is 14.6 Å². The molecule has 5 heteroatoms. The second-order valence-corrected chi connectivity index (χ2v) is 4.94. The standard InChI is InChI=1S/C17H19N3O2/c1-3-9-18-15-8-10-19-16(11-15)17(22)20-14-6-4-13(5-7-14)12(2)21/h4-8,10-11H,3,9H2,1-2H3,(H,18,19)(H,20,22). The van der Waals surface area contributed by atoms with Gasteiger partial charge >= 0.3 is 0 Å². The molecule has 0 bridgehead atoms. The first-order valence-corrected chi connectivity index (χ1v) is 7.22. The van der Waals surface area contributed by atoms with Gasteiger partial charge in [-0.15, -0.1) is 0 Å². The topological polar surface area (TPSA) is 71.1 Å². The maximum Gasteiger partial charge on any atom is 0.274 e. The maximum absolute atomic E-state index is 12.2. The first-order valence-electron chi connectivity index (χ1n) is 7.22. The Bertz CT molecular complexity index is 666. The summed E-state index contributed by atoms with van der Waals surface area (Å²) in [7, 11) is 0. The Morgan fingerprint density at radius 1 is 1.09 bits per heavy atom. The van der Waals surface area contributed by atoms with Crippen molar-refractivity contribution in [3.05, 3.63) is 53.9 Å². The Labute approximate surface area is 129 Å². The minimum absolute atomic E-state index is 0.00533. The zero-order valence-electron chi connectivity index (χ0n) is 12.7. The van der Waals surface area contributed by atoms with Crippen LogP contribution < -0.4 is 10.6 Å². The minimum Gasteiger partial charge on any atom is -0.385 e. The molecule has 0 aliphatic heterocycles. The second-order valence-electron chi connectivity index (χ2n) is 4.94. The van der Waals surface area contributed by atoms with E-state index in [1.54, 1.807) is 36.5 Å². The molecular weight excluding hydrogens is 278 g/mol. The van der Waals surface area contributed by atoms with Gasteiger partial charge in [-0.1, -0.05) is 6.92 Å². The Balaban J connectivity index is 2.06. The fourth-order valence-electron chi connectivity index (χ4n) is 1.92. The van der Waals surface area contributed by atoms with Gasteiger partial charge in [0.15, 0.2) is 5.78 Å². The normalized spacial score (nSPS) is 10.1. The molecule has 0 saturated heterocycles. The molecule has 0 aliphatic carbocycles. The number of pyridine rings is 1. The van der Waals surface area contributed by atoms with Gasteiger partial charge in [0.1, 0.15) is 5.69 Å². The van der Waals surface area contributed by atoms with Crippen molar-refractivity contribution in [3.8, 4) is 0 Å². The number of nitrogens with zero attached hydrogens (tertiary/aromatic N) is 1. The van der Waals surface area contributed by atoms with Crippen molar-refractivity contribution in [3.63, 3.8) is 0 Å². The molecule has 5 nitrogen and oxygen atoms in total. The quantitative estimate of drug-likeness (QED) is 0.802. The number of nitrogens with one attached hydrogen (secondary N) is 2. The molecule has 0 unspecified atom stereocenters. The molecular formula is C17H19N3O2. The van der Waals surface area contributed by atoms with Crippen molar-refractivity contribution in [2.45, 2.75) is 20.3 Å². The van der Waals surface area contributed by atoms with Crippen LogP contribution in [-0.2, 0) is 0 Å². The second kappa shape index (κ2) is 7.36. The number of aromatic nitrogens is 1. The van der Waals surface area contributed by atoms with Gasteiger partial charge in [-0.05, 0) is 49.7 Å². The molecule has 2 aromatic rings. The van der Waals surface area contributed by atoms with Crippen LogP contribution in [-0.4, -0.2) is 23.2 Å². The Morgan fingerprint density at radius 3 is 2.45 bits per heavy atom. The minimum atomic E-state index is -0.282. The van der Waals surface area contributed by atoms with E-state index in [-0.39, 0.29) is 11.7 Å². The summed E-state index contributed by atoms with van der Waals surface area (Å²) in [5, 5.41) is 5.98. The van der Waals surface area contributed by atoms with Crippen LogP contribution in [0.5, 0.6) is 0 Å². The van der Waals surface area contributed by atoms with Crippen molar-refractivity contribution in [2.75, 3.05) is 17.2 Å². The number of Topliss-reactive ketones (excluding diaryl/α,β-unsaturated/α-hetero) is 1. The summed E-state index contributed by atoms with van der Waals surface area (Å²) in [6.45, 7) is 4.43. The average Bonchev–Trinajstić information content (AvgIpc) is 2.53. The third-order valence-corrected chi connectivity index (χ3v) is 3.12. The zero-order chi connectivity index (χ0) is 15.9. The van der Waals surface area contributed by atoms with E-state index in [9.17, 15) is 9.59 Å². The lowest BCUT2D eigenvalue weighted by molar-refractivity contribution is 0.101. The van der Waals surface area contributed by atoms with Gasteiger partial charge in [-0.25, -0.2) is 0 Å². The largest absolute Gasteiger partial charge is 0.385 e. The summed E-state index contributed by atoms with van der Waals surface area (Å²) in [5.41, 5.74) is 2.45. The van der Waals surface area contributed by atoms with E-state index in [2.05, 4.69) is 22.5 Å². The SMILES string of the molecule is CCCNc1ccnc(C(=O)Nc2ccc(C(C)=O)cc2)c1. The monoisotopic (exact) mass is 297 g/mol. The summed E-state index contributed by atoms with van der Waals surface area (Å²) in [5.74, 6) is -0.287. The van der Waals surface area contributed by atoms with Gasteiger partial charge in [-0.2, -0.15) is 0 Å². The number of carbonyl (C=O) groups is 2. The number of amides is 1. The van der Waals surface area contributed by atoms with E-state index in [1.807, 2.05) is 6.07 Å². The van der Waals surface area contributed by atoms with Crippen molar-refractivity contribution < 1.29 is 9.59 Å². The van der Waals surface area contributed by atoms with Crippen LogP contribution in [0, 0.1) is 0 Å². The Morgan fingerprint density at radius 2 is 1.82 bits per heavy atom. The van der Waals surface area contributed by atoms with Crippen molar-refractivity contribution >= 4 is 23.1 Å². The lowest BCUT2D eigenvalue weighted by atomic mass is 10.1. The van der Waals surface area contributed by atoms with Crippen LogP contribution in [0.15, 0.2) is 42.6 Å². The molecule has 0 saturated carbocycles. The molecule has 22 heavy (non-hydrogen) atoms. The van der Waals surface area contributed by atoms with E-state index in [1.165, 1.54) is 6.92 Å². The zero-order valence-corrected chi connectivity index (χ0v) is 12.7. The molecule has 1 heterocycles. The van der Waals surface area contributed by atoms with E-state index < -0.39 is 0 Å². The van der Waals surface area contributed by atoms with Crippen LogP contribution in [0.1, 0.15) is 41.1 Å². The number of rotatable bonds is 6. The first-order chi connectivity index (χ1) is 10.6. The molecule has 0 radical (unpaired) electrons. The lowest BCUT2D eigenvalue weighted by Gasteiger charge is -2.08. The molecule has 0 aliphatic rings. The fourth-order valence-corrected chi connectivity index (χ4v) is 1.92. The molecule has 114 valence electrons. The summed E-state index contributed by atoms with van der Waals surface area (Å²) < 4.78 is 0. The highest BCUT2D eigenvalue weighted by atomic mass is 16.2. The van der Waals surface area contributed by atoms with Gasteiger partial charge in [0, 0.05) is 29.7 Å². The van der Waals surface area contributed by atoms with Crippen LogP contribution in [0.4, 0.5) is 11.4 Å². The lowest BCUT2D eigenvalue weighted by Crippen LogP contribution is -2.14. The molecule has 0 atom stereocenters. The smallest absolute Gasteiger partial charge is 0.274 e. The van der Waals surface area contributed by atoms with Gasteiger partial charge in [0.05, 0.1) is 0 Å². The Hall–Kier alpha value is -2.69. The van der Waals surface area contributed by atoms with E-state index >= 15 is 0 Å². The maximum atomic E-state index is 12.2. The molecule has 2 rings (SSSR count). The molecule has 1 aromatic carbocycles. The predicted molar refractivity (Wildman–Crippen MR) is 87.4 cm³/mol. The van der Waals surface area contributed by atoms with Crippen molar-refractivity contribution in [1.82, 2.24) is 4.98 Å². The van der Waals surface area contributed by atoms with E-state index in [4.69, 9.17) is 0 Å². The summed E-state index contributed by atoms with van der Waals surface area (Å²) in [4.78, 5) is 27.5. The highest BCUT2D eigenvalue weighted by Crippen LogP contribution is 2.13. The van der Waals surface area contributed by atoms with Crippen LogP contribution in [0.25, 0.3) is 0 Å². The third-order valence-electron chi connectivity index (χ3n) is 3.12. The van der Waals surface area contributed by atoms with Crippen molar-refractivity contribution in [2.24, 2.45) is 0 Å². The predicted octanol–water partition coefficient (Wildman–Crippen LogP) is 3.36. The number of carbonyl (C=O) groups excluding carboxylic acids is 2. The summed E-state index contributed by atoms with van der Waals surface area (Å²) >= 11 is 0. The number of benzene rings is 1. The number of ketones is 1. The third kappa shape index (κ3) is 4.15. The number of hydrogen-bond acceptors (Lipinski definition) is 4. The number of anilines is 2.